The number of carbonyl (C=O) groups is 3. The van der Waals surface area contributed by atoms with Crippen molar-refractivity contribution in [2.45, 2.75) is 251 Å². The SMILES string of the molecule is CC/C=C\C/C=C\C/C=C\C/C=C\CCCCCCCCC(=O)OC(COC(=O)CCCCC/C=C\C/C=C\C/C=C\CC)COP(=O)(O)OCC(CO)OC(=O)CCCCCCCCC/C=C\C/C=C\CCCCC. The van der Waals surface area contributed by atoms with Gasteiger partial charge in [0.2, 0.25) is 0 Å². The van der Waals surface area contributed by atoms with Gasteiger partial charge in [-0.05, 0) is 122 Å². The lowest BCUT2D eigenvalue weighted by Gasteiger charge is -2.21. The van der Waals surface area contributed by atoms with Gasteiger partial charge in [0.25, 0.3) is 0 Å². The first-order chi connectivity index (χ1) is 37.2. The molecule has 0 amide bonds. The van der Waals surface area contributed by atoms with Gasteiger partial charge in [0.15, 0.2) is 6.10 Å². The fraction of sp³-hybridized carbons (Fsp3) is 0.672. The second kappa shape index (κ2) is 57.3. The molecule has 0 fully saturated rings. The molecule has 11 nitrogen and oxygen atoms in total. The minimum Gasteiger partial charge on any atom is -0.462 e. The highest BCUT2D eigenvalue weighted by atomic mass is 31.2. The van der Waals surface area contributed by atoms with Crippen molar-refractivity contribution in [1.29, 1.82) is 0 Å². The average molecular weight is 1080 g/mol. The summed E-state index contributed by atoms with van der Waals surface area (Å²) in [5.74, 6) is -1.53. The third-order valence-electron chi connectivity index (χ3n) is 12.2. The van der Waals surface area contributed by atoms with Crippen LogP contribution in [0.15, 0.2) is 109 Å². The largest absolute Gasteiger partial charge is 0.472 e. The smallest absolute Gasteiger partial charge is 0.462 e. The zero-order chi connectivity index (χ0) is 55.5. The van der Waals surface area contributed by atoms with Gasteiger partial charge >= 0.3 is 25.7 Å². The highest BCUT2D eigenvalue weighted by Crippen LogP contribution is 2.43. The molecule has 0 saturated carbocycles. The first-order valence-electron chi connectivity index (χ1n) is 29.8. The number of ether oxygens (including phenoxy) is 3. The van der Waals surface area contributed by atoms with E-state index >= 15 is 0 Å². The summed E-state index contributed by atoms with van der Waals surface area (Å²) in [4.78, 5) is 48.6. The Balaban J connectivity index is 4.76. The Bertz CT molecular complexity index is 1690. The number of unbranched alkanes of at least 4 members (excludes halogenated alkanes) is 19. The molecule has 0 saturated heterocycles. The monoisotopic (exact) mass is 1080 g/mol. The van der Waals surface area contributed by atoms with E-state index in [0.29, 0.717) is 19.3 Å². The summed E-state index contributed by atoms with van der Waals surface area (Å²) in [7, 11) is -4.77. The molecule has 0 bridgehead atoms. The molecule has 2 N–H and O–H groups in total. The number of allylic oxidation sites excluding steroid dienone is 18. The van der Waals surface area contributed by atoms with E-state index in [0.717, 1.165) is 141 Å². The van der Waals surface area contributed by atoms with Crippen molar-refractivity contribution in [2.75, 3.05) is 26.4 Å². The Morgan fingerprint density at radius 2 is 0.684 bits per heavy atom. The van der Waals surface area contributed by atoms with Crippen LogP contribution in [0.5, 0.6) is 0 Å². The summed E-state index contributed by atoms with van der Waals surface area (Å²) >= 11 is 0. The lowest BCUT2D eigenvalue weighted by atomic mass is 10.1. The Labute approximate surface area is 463 Å². The predicted molar refractivity (Wildman–Crippen MR) is 316 cm³/mol. The molecular weight excluding hydrogens is 976 g/mol. The molecule has 0 radical (unpaired) electrons. The van der Waals surface area contributed by atoms with E-state index < -0.39 is 57.8 Å². The minimum absolute atomic E-state index is 0.139. The standard InChI is InChI=1S/C64H107O11P/c1-4-7-10-13-16-19-22-25-27-29-30-32-34-37-40-43-46-49-52-55-64(68)75-61(57-71-62(66)53-50-47-44-41-38-35-24-21-18-15-12-9-6-3)59-73-76(69,70)72-58-60(56-65)74-63(67)54-51-48-45-42-39-36-33-31-28-26-23-20-17-14-11-8-5-2/h7,9-10,12,16-21,25-28,30,32,35,38,60-61,65H,4-6,8,11,13-15,22-24,29,31,33-34,36-37,39-59H2,1-3H3,(H,69,70)/b10-7-,12-9-,19-16-,20-17-,21-18-,27-25-,28-26-,32-30-,38-35-. The summed E-state index contributed by atoms with van der Waals surface area (Å²) in [5.41, 5.74) is 0. The number of rotatable bonds is 54. The predicted octanol–water partition coefficient (Wildman–Crippen LogP) is 17.8. The normalized spacial score (nSPS) is 14.1. The average Bonchev–Trinajstić information content (AvgIpc) is 3.41. The number of aliphatic hydroxyl groups is 1. The molecule has 12 heteroatoms. The number of esters is 3. The van der Waals surface area contributed by atoms with Crippen molar-refractivity contribution in [1.82, 2.24) is 0 Å². The lowest BCUT2D eigenvalue weighted by Crippen LogP contribution is -2.30. The van der Waals surface area contributed by atoms with Crippen molar-refractivity contribution in [3.05, 3.63) is 109 Å². The molecule has 3 atom stereocenters. The summed E-state index contributed by atoms with van der Waals surface area (Å²) in [6.07, 6.45) is 69.0. The fourth-order valence-corrected chi connectivity index (χ4v) is 8.47. The van der Waals surface area contributed by atoms with Gasteiger partial charge in [-0.25, -0.2) is 4.57 Å². The van der Waals surface area contributed by atoms with Crippen LogP contribution in [0.25, 0.3) is 0 Å². The van der Waals surface area contributed by atoms with E-state index in [1.165, 1.54) is 38.5 Å². The first kappa shape index (κ1) is 72.1. The van der Waals surface area contributed by atoms with Crippen molar-refractivity contribution >= 4 is 25.7 Å². The van der Waals surface area contributed by atoms with Crippen molar-refractivity contribution in [3.8, 4) is 0 Å². The molecule has 0 aliphatic carbocycles. The van der Waals surface area contributed by atoms with Gasteiger partial charge in [-0.1, -0.05) is 207 Å². The topological polar surface area (TPSA) is 155 Å². The van der Waals surface area contributed by atoms with Crippen LogP contribution in [0.3, 0.4) is 0 Å². The highest BCUT2D eigenvalue weighted by Gasteiger charge is 2.28. The van der Waals surface area contributed by atoms with Crippen LogP contribution in [0.1, 0.15) is 239 Å². The first-order valence-corrected chi connectivity index (χ1v) is 31.3. The summed E-state index contributed by atoms with van der Waals surface area (Å²) in [5, 5.41) is 9.83. The molecule has 434 valence electrons. The van der Waals surface area contributed by atoms with Gasteiger partial charge in [0.1, 0.15) is 12.7 Å². The number of hydrogen-bond acceptors (Lipinski definition) is 10. The van der Waals surface area contributed by atoms with Gasteiger partial charge < -0.3 is 24.2 Å². The second-order valence-corrected chi connectivity index (χ2v) is 20.8. The zero-order valence-electron chi connectivity index (χ0n) is 47.9. The minimum atomic E-state index is -4.77. The van der Waals surface area contributed by atoms with Gasteiger partial charge in [0, 0.05) is 19.3 Å². The van der Waals surface area contributed by atoms with E-state index in [4.69, 9.17) is 23.3 Å². The van der Waals surface area contributed by atoms with E-state index in [-0.39, 0.29) is 25.9 Å². The molecular formula is C64H107O11P. The molecule has 0 aliphatic heterocycles. The van der Waals surface area contributed by atoms with Crippen LogP contribution in [0.4, 0.5) is 0 Å². The third kappa shape index (κ3) is 54.9. The van der Waals surface area contributed by atoms with E-state index in [9.17, 15) is 28.9 Å². The molecule has 0 spiro atoms. The molecule has 0 heterocycles. The number of carbonyl (C=O) groups excluding carboxylic acids is 3. The van der Waals surface area contributed by atoms with Crippen LogP contribution in [-0.4, -0.2) is 66.5 Å². The molecule has 0 aromatic heterocycles. The lowest BCUT2D eigenvalue weighted by molar-refractivity contribution is -0.161. The van der Waals surface area contributed by atoms with Crippen molar-refractivity contribution < 1.29 is 52.2 Å². The Morgan fingerprint density at radius 1 is 0.382 bits per heavy atom. The maximum atomic E-state index is 12.9. The van der Waals surface area contributed by atoms with Gasteiger partial charge in [-0.3, -0.25) is 23.4 Å². The molecule has 0 rings (SSSR count). The van der Waals surface area contributed by atoms with Gasteiger partial charge in [0.05, 0.1) is 19.8 Å². The van der Waals surface area contributed by atoms with Crippen LogP contribution < -0.4 is 0 Å². The van der Waals surface area contributed by atoms with Crippen LogP contribution in [0, 0.1) is 0 Å². The van der Waals surface area contributed by atoms with Crippen molar-refractivity contribution in [3.63, 3.8) is 0 Å². The molecule has 76 heavy (non-hydrogen) atoms. The quantitative estimate of drug-likeness (QED) is 0.0197. The van der Waals surface area contributed by atoms with Gasteiger partial charge in [-0.2, -0.15) is 0 Å². The van der Waals surface area contributed by atoms with E-state index in [2.05, 4.69) is 130 Å². The molecule has 0 aromatic rings. The molecule has 3 unspecified atom stereocenters. The number of aliphatic hydroxyl groups excluding tert-OH is 1. The second-order valence-electron chi connectivity index (χ2n) is 19.4. The molecule has 0 aromatic carbocycles. The zero-order valence-corrected chi connectivity index (χ0v) is 48.8. The van der Waals surface area contributed by atoms with Gasteiger partial charge in [-0.15, -0.1) is 0 Å². The van der Waals surface area contributed by atoms with Crippen LogP contribution in [-0.2, 0) is 42.2 Å². The molecule has 0 aliphatic rings. The maximum Gasteiger partial charge on any atom is 0.472 e. The Hall–Kier alpha value is -3.86. The maximum absolute atomic E-state index is 12.9. The number of phosphoric acid groups is 1. The highest BCUT2D eigenvalue weighted by molar-refractivity contribution is 7.47. The summed E-state index contributed by atoms with van der Waals surface area (Å²) in [6, 6.07) is 0. The summed E-state index contributed by atoms with van der Waals surface area (Å²) in [6.45, 7) is 4.33. The summed E-state index contributed by atoms with van der Waals surface area (Å²) < 4.78 is 39.5. The van der Waals surface area contributed by atoms with Crippen LogP contribution in [0.2, 0.25) is 0 Å². The van der Waals surface area contributed by atoms with Crippen LogP contribution >= 0.6 is 7.82 Å². The Morgan fingerprint density at radius 3 is 1.07 bits per heavy atom. The van der Waals surface area contributed by atoms with E-state index in [1.54, 1.807) is 0 Å². The van der Waals surface area contributed by atoms with Crippen molar-refractivity contribution in [2.24, 2.45) is 0 Å². The number of hydrogen-bond donors (Lipinski definition) is 2. The Kier molecular flexibility index (Phi) is 54.4. The third-order valence-corrected chi connectivity index (χ3v) is 13.1. The fourth-order valence-electron chi connectivity index (χ4n) is 7.69. The number of phosphoric ester groups is 1. The van der Waals surface area contributed by atoms with E-state index in [1.807, 2.05) is 0 Å².